The zero-order valence-corrected chi connectivity index (χ0v) is 16.6. The third-order valence-corrected chi connectivity index (χ3v) is 7.03. The molecule has 2 aromatic rings. The van der Waals surface area contributed by atoms with Gasteiger partial charge in [0.1, 0.15) is 0 Å². The average Bonchev–Trinajstić information content (AvgIpc) is 3.06. The van der Waals surface area contributed by atoms with Gasteiger partial charge in [-0.2, -0.15) is 11.3 Å². The highest BCUT2D eigenvalue weighted by molar-refractivity contribution is 7.07. The van der Waals surface area contributed by atoms with Crippen LogP contribution in [0.2, 0.25) is 5.02 Å². The fourth-order valence-corrected chi connectivity index (χ4v) is 5.09. The number of halogens is 1. The van der Waals surface area contributed by atoms with Crippen LogP contribution < -0.4 is 0 Å². The highest BCUT2D eigenvalue weighted by atomic mass is 35.5. The predicted octanol–water partition coefficient (Wildman–Crippen LogP) is 4.20. The first-order valence-corrected chi connectivity index (χ1v) is 10.5. The molecular formula is C20H24ClN3OS. The second-order valence-corrected chi connectivity index (χ2v) is 8.79. The molecule has 4 nitrogen and oxygen atoms in total. The fraction of sp³-hybridized carbons (Fsp3) is 0.500. The number of pyridine rings is 1. The fourth-order valence-electron chi connectivity index (χ4n) is 4.25. The summed E-state index contributed by atoms with van der Waals surface area (Å²) in [6.45, 7) is 5.48. The molecule has 0 aromatic carbocycles. The molecule has 2 fully saturated rings. The zero-order chi connectivity index (χ0) is 18.1. The van der Waals surface area contributed by atoms with Crippen LogP contribution in [0.3, 0.4) is 0 Å². The van der Waals surface area contributed by atoms with Crippen molar-refractivity contribution in [2.24, 2.45) is 5.41 Å². The number of amides is 1. The van der Waals surface area contributed by atoms with Crippen LogP contribution in [0.1, 0.15) is 37.3 Å². The van der Waals surface area contributed by atoms with E-state index in [1.165, 1.54) is 5.56 Å². The van der Waals surface area contributed by atoms with Crippen LogP contribution >= 0.6 is 22.9 Å². The van der Waals surface area contributed by atoms with Gasteiger partial charge in [-0.3, -0.25) is 14.7 Å². The Morgan fingerprint density at radius 1 is 1.42 bits per heavy atom. The van der Waals surface area contributed by atoms with Gasteiger partial charge in [0, 0.05) is 38.4 Å². The van der Waals surface area contributed by atoms with Gasteiger partial charge in [0.15, 0.2) is 0 Å². The van der Waals surface area contributed by atoms with Gasteiger partial charge in [0.2, 0.25) is 5.91 Å². The van der Waals surface area contributed by atoms with Crippen LogP contribution in [0, 0.1) is 5.41 Å². The molecule has 1 spiro atoms. The molecule has 26 heavy (non-hydrogen) atoms. The van der Waals surface area contributed by atoms with E-state index in [0.29, 0.717) is 11.5 Å². The van der Waals surface area contributed by atoms with Gasteiger partial charge in [-0.25, -0.2) is 0 Å². The van der Waals surface area contributed by atoms with E-state index in [-0.39, 0.29) is 5.91 Å². The van der Waals surface area contributed by atoms with Crippen LogP contribution in [-0.4, -0.2) is 39.8 Å². The SMILES string of the molecule is CC(=O)N(Cc1ccsc1)C1CC12CCN(Cc1ccncc1Cl)CC2. The van der Waals surface area contributed by atoms with Crippen molar-refractivity contribution in [3.8, 4) is 0 Å². The molecule has 2 aromatic heterocycles. The second kappa shape index (κ2) is 7.29. The number of aromatic nitrogens is 1. The number of hydrogen-bond donors (Lipinski definition) is 0. The van der Waals surface area contributed by atoms with Crippen LogP contribution in [0.5, 0.6) is 0 Å². The van der Waals surface area contributed by atoms with Gasteiger partial charge in [0.05, 0.1) is 5.02 Å². The summed E-state index contributed by atoms with van der Waals surface area (Å²) in [5.74, 6) is 0.198. The molecule has 3 heterocycles. The Morgan fingerprint density at radius 3 is 2.88 bits per heavy atom. The van der Waals surface area contributed by atoms with Crippen LogP contribution in [0.15, 0.2) is 35.3 Å². The lowest BCUT2D eigenvalue weighted by molar-refractivity contribution is -0.130. The van der Waals surface area contributed by atoms with E-state index in [9.17, 15) is 4.79 Å². The van der Waals surface area contributed by atoms with E-state index in [4.69, 9.17) is 11.6 Å². The highest BCUT2D eigenvalue weighted by Crippen LogP contribution is 2.57. The van der Waals surface area contributed by atoms with Crippen molar-refractivity contribution in [1.29, 1.82) is 0 Å². The summed E-state index contributed by atoms with van der Waals surface area (Å²) in [4.78, 5) is 20.8. The molecule has 4 rings (SSSR count). The first-order chi connectivity index (χ1) is 12.6. The number of carbonyl (C=O) groups excluding carboxylic acids is 1. The smallest absolute Gasteiger partial charge is 0.220 e. The lowest BCUT2D eigenvalue weighted by Gasteiger charge is -2.34. The number of thiophene rings is 1. The van der Waals surface area contributed by atoms with Crippen molar-refractivity contribution >= 4 is 28.8 Å². The first kappa shape index (κ1) is 18.0. The van der Waals surface area contributed by atoms with E-state index in [1.807, 2.05) is 6.07 Å². The Labute approximate surface area is 163 Å². The van der Waals surface area contributed by atoms with E-state index in [1.54, 1.807) is 30.7 Å². The first-order valence-electron chi connectivity index (χ1n) is 9.16. The van der Waals surface area contributed by atoms with Gasteiger partial charge in [0.25, 0.3) is 0 Å². The summed E-state index contributed by atoms with van der Waals surface area (Å²) in [7, 11) is 0. The molecular weight excluding hydrogens is 366 g/mol. The molecule has 1 saturated carbocycles. The molecule has 2 aliphatic rings. The van der Waals surface area contributed by atoms with Crippen LogP contribution in [0.4, 0.5) is 0 Å². The summed E-state index contributed by atoms with van der Waals surface area (Å²) in [6, 6.07) is 4.54. The van der Waals surface area contributed by atoms with Gasteiger partial charge in [-0.15, -0.1) is 0 Å². The normalized spacial score (nSPS) is 21.7. The molecule has 1 aliphatic heterocycles. The summed E-state index contributed by atoms with van der Waals surface area (Å²) in [5, 5.41) is 4.97. The molecule has 6 heteroatoms. The molecule has 1 atom stereocenters. The molecule has 0 N–H and O–H groups in total. The second-order valence-electron chi connectivity index (χ2n) is 7.60. The topological polar surface area (TPSA) is 36.4 Å². The maximum Gasteiger partial charge on any atom is 0.220 e. The van der Waals surface area contributed by atoms with Crippen molar-refractivity contribution < 1.29 is 4.79 Å². The Balaban J connectivity index is 1.35. The van der Waals surface area contributed by atoms with E-state index in [0.717, 1.165) is 56.0 Å². The standard InChI is InChI=1S/C20H24ClN3OS/c1-15(25)24(12-16-3-9-26-14-16)19-10-20(19)4-7-23(8-5-20)13-17-2-6-22-11-18(17)21/h2-3,6,9,11,14,19H,4-5,7-8,10,12-13H2,1H3. The number of piperidine rings is 1. The van der Waals surface area contributed by atoms with Gasteiger partial charge < -0.3 is 4.90 Å². The van der Waals surface area contributed by atoms with Crippen molar-refractivity contribution in [3.63, 3.8) is 0 Å². The number of likely N-dealkylation sites (tertiary alicyclic amines) is 1. The monoisotopic (exact) mass is 389 g/mol. The number of nitrogens with zero attached hydrogens (tertiary/aromatic N) is 3. The van der Waals surface area contributed by atoms with Crippen molar-refractivity contribution in [1.82, 2.24) is 14.8 Å². The average molecular weight is 390 g/mol. The summed E-state index contributed by atoms with van der Waals surface area (Å²) < 4.78 is 0. The summed E-state index contributed by atoms with van der Waals surface area (Å²) in [6.07, 6.45) is 7.00. The third kappa shape index (κ3) is 3.66. The minimum absolute atomic E-state index is 0.198. The summed E-state index contributed by atoms with van der Waals surface area (Å²) in [5.41, 5.74) is 2.73. The van der Waals surface area contributed by atoms with Crippen molar-refractivity contribution in [3.05, 3.63) is 51.4 Å². The minimum Gasteiger partial charge on any atom is -0.335 e. The van der Waals surface area contributed by atoms with Crippen molar-refractivity contribution in [2.45, 2.75) is 45.3 Å². The van der Waals surface area contributed by atoms with Gasteiger partial charge in [-0.1, -0.05) is 11.6 Å². The molecule has 1 amide bonds. The Kier molecular flexibility index (Phi) is 5.04. The highest BCUT2D eigenvalue weighted by Gasteiger charge is 2.58. The van der Waals surface area contributed by atoms with E-state index >= 15 is 0 Å². The van der Waals surface area contributed by atoms with Crippen molar-refractivity contribution in [2.75, 3.05) is 13.1 Å². The third-order valence-electron chi connectivity index (χ3n) is 5.96. The maximum atomic E-state index is 12.2. The molecule has 0 bridgehead atoms. The number of rotatable bonds is 5. The van der Waals surface area contributed by atoms with E-state index in [2.05, 4.69) is 31.6 Å². The van der Waals surface area contributed by atoms with Crippen LogP contribution in [0.25, 0.3) is 0 Å². The predicted molar refractivity (Wildman–Crippen MR) is 105 cm³/mol. The Hall–Kier alpha value is -1.43. The molecule has 1 aliphatic carbocycles. The van der Waals surface area contributed by atoms with Crippen LogP contribution in [-0.2, 0) is 17.9 Å². The quantitative estimate of drug-likeness (QED) is 0.768. The van der Waals surface area contributed by atoms with E-state index < -0.39 is 0 Å². The van der Waals surface area contributed by atoms with Gasteiger partial charge >= 0.3 is 0 Å². The maximum absolute atomic E-state index is 12.2. The molecule has 1 unspecified atom stereocenters. The molecule has 0 radical (unpaired) electrons. The van der Waals surface area contributed by atoms with Gasteiger partial charge in [-0.05, 0) is 71.8 Å². The lowest BCUT2D eigenvalue weighted by atomic mass is 9.92. The largest absolute Gasteiger partial charge is 0.335 e. The lowest BCUT2D eigenvalue weighted by Crippen LogP contribution is -2.39. The number of hydrogen-bond acceptors (Lipinski definition) is 4. The summed E-state index contributed by atoms with van der Waals surface area (Å²) >= 11 is 7.94. The minimum atomic E-state index is 0.198. The molecule has 1 saturated heterocycles. The Morgan fingerprint density at radius 2 is 2.23 bits per heavy atom. The zero-order valence-electron chi connectivity index (χ0n) is 15.0. The Bertz CT molecular complexity index is 771. The number of carbonyl (C=O) groups is 1. The molecule has 138 valence electrons.